The van der Waals surface area contributed by atoms with E-state index in [0.29, 0.717) is 0 Å². The second-order valence-corrected chi connectivity index (χ2v) is 6.27. The fraction of sp³-hybridized carbons (Fsp3) is 0. The summed E-state index contributed by atoms with van der Waals surface area (Å²) < 4.78 is 0. The standard InChI is InChI=1S/C18H15S.As.6FH/c1-4-10-16(11-5-1)19(17-12-6-2-7-13-17)18-14-8-3-9-15-18;;;;;;;/h1-15H;;6*1H/q+1;;;;;;;/p-1. The van der Waals surface area contributed by atoms with Crippen LogP contribution in [0.15, 0.2) is 106 Å². The second kappa shape index (κ2) is 18.0. The Morgan fingerprint density at radius 1 is 0.385 bits per heavy atom. The van der Waals surface area contributed by atoms with Gasteiger partial charge in [0.05, 0.1) is 10.9 Å². The summed E-state index contributed by atoms with van der Waals surface area (Å²) in [7, 11) is -0.0146. The van der Waals surface area contributed by atoms with Gasteiger partial charge >= 0.3 is 0 Å². The van der Waals surface area contributed by atoms with Crippen LogP contribution in [0, 0.1) is 0 Å². The molecule has 8 heteroatoms. The summed E-state index contributed by atoms with van der Waals surface area (Å²) in [6, 6.07) is 32.2. The second-order valence-electron chi connectivity index (χ2n) is 4.25. The Bertz CT molecular complexity index is 550. The van der Waals surface area contributed by atoms with Crippen LogP contribution < -0.4 is 4.70 Å². The van der Waals surface area contributed by atoms with Gasteiger partial charge in [-0.15, -0.1) is 0 Å². The summed E-state index contributed by atoms with van der Waals surface area (Å²) in [5.41, 5.74) is 0. The third kappa shape index (κ3) is 8.49. The van der Waals surface area contributed by atoms with Crippen molar-refractivity contribution in [1.82, 2.24) is 0 Å². The van der Waals surface area contributed by atoms with Crippen LogP contribution in [0.2, 0.25) is 0 Å². The van der Waals surface area contributed by atoms with Crippen LogP contribution in [-0.4, -0.2) is 18.0 Å². The van der Waals surface area contributed by atoms with Crippen LogP contribution in [0.3, 0.4) is 0 Å². The van der Waals surface area contributed by atoms with Gasteiger partial charge < -0.3 is 4.70 Å². The molecule has 0 amide bonds. The van der Waals surface area contributed by atoms with Crippen molar-refractivity contribution in [1.29, 1.82) is 0 Å². The molecular weight excluding hydrogens is 437 g/mol. The number of rotatable bonds is 3. The minimum atomic E-state index is -0.0146. The van der Waals surface area contributed by atoms with E-state index in [-0.39, 0.29) is 57.1 Å². The molecule has 26 heavy (non-hydrogen) atoms. The first-order valence-electron chi connectivity index (χ1n) is 6.34. The predicted octanol–water partition coefficient (Wildman–Crippen LogP) is 2.17. The fourth-order valence-corrected chi connectivity index (χ4v) is 4.18. The third-order valence-corrected chi connectivity index (χ3v) is 5.17. The van der Waals surface area contributed by atoms with Crippen molar-refractivity contribution >= 4 is 28.8 Å². The molecule has 145 valence electrons. The topological polar surface area (TPSA) is 0 Å². The summed E-state index contributed by atoms with van der Waals surface area (Å²) >= 11 is 0. The van der Waals surface area contributed by atoms with Crippen molar-refractivity contribution in [2.24, 2.45) is 0 Å². The first-order chi connectivity index (χ1) is 9.45. The molecule has 3 radical (unpaired) electrons. The van der Waals surface area contributed by atoms with E-state index >= 15 is 0 Å². The monoisotopic (exact) mass is 457 g/mol. The normalized spacial score (nSPS) is 7.73. The number of halogens is 6. The summed E-state index contributed by atoms with van der Waals surface area (Å²) in [5, 5.41) is 0. The van der Waals surface area contributed by atoms with Gasteiger partial charge in [0.1, 0.15) is 0 Å². The molecule has 3 aromatic rings. The van der Waals surface area contributed by atoms with Crippen molar-refractivity contribution in [2.75, 3.05) is 0 Å². The first-order valence-corrected chi connectivity index (χ1v) is 7.57. The van der Waals surface area contributed by atoms with Gasteiger partial charge in [-0.1, -0.05) is 54.6 Å². The van der Waals surface area contributed by atoms with Crippen molar-refractivity contribution in [3.05, 3.63) is 91.0 Å². The van der Waals surface area contributed by atoms with Crippen LogP contribution in [0.4, 0.5) is 23.5 Å². The quantitative estimate of drug-likeness (QED) is 0.322. The van der Waals surface area contributed by atoms with E-state index in [1.54, 1.807) is 0 Å². The third-order valence-electron chi connectivity index (χ3n) is 2.94. The van der Waals surface area contributed by atoms with E-state index in [1.165, 1.54) is 14.7 Å². The van der Waals surface area contributed by atoms with E-state index in [1.807, 2.05) is 0 Å². The predicted molar refractivity (Wildman–Crippen MR) is 99.8 cm³/mol. The van der Waals surface area contributed by atoms with Crippen LogP contribution in [0.5, 0.6) is 0 Å². The minimum Gasteiger partial charge on any atom is -1.00 e. The van der Waals surface area contributed by atoms with Crippen LogP contribution in [-0.2, 0) is 10.9 Å². The zero-order chi connectivity index (χ0) is 12.9. The molecule has 0 atom stereocenters. The van der Waals surface area contributed by atoms with E-state index in [2.05, 4.69) is 91.0 Å². The molecule has 0 aromatic heterocycles. The maximum atomic E-state index is 2.21. The average Bonchev–Trinajstić information content (AvgIpc) is 2.51. The fourth-order valence-electron chi connectivity index (χ4n) is 2.08. The summed E-state index contributed by atoms with van der Waals surface area (Å²) in [6.07, 6.45) is 0. The van der Waals surface area contributed by atoms with Crippen molar-refractivity contribution in [3.8, 4) is 0 Å². The van der Waals surface area contributed by atoms with E-state index in [0.717, 1.165) is 0 Å². The van der Waals surface area contributed by atoms with Crippen LogP contribution >= 0.6 is 0 Å². The smallest absolute Gasteiger partial charge is 0.166 e. The molecule has 0 spiro atoms. The minimum absolute atomic E-state index is 0. The molecule has 0 heterocycles. The Balaban J connectivity index is -0.000000210. The molecule has 0 fully saturated rings. The number of benzene rings is 3. The van der Waals surface area contributed by atoms with Gasteiger partial charge in [-0.25, -0.2) is 0 Å². The van der Waals surface area contributed by atoms with Crippen LogP contribution in [0.25, 0.3) is 0 Å². The van der Waals surface area contributed by atoms with Gasteiger partial charge in [-0.3, -0.25) is 23.5 Å². The van der Waals surface area contributed by atoms with Gasteiger partial charge in [0.25, 0.3) is 0 Å². The molecule has 0 N–H and O–H groups in total. The van der Waals surface area contributed by atoms with E-state index < -0.39 is 0 Å². The Morgan fingerprint density at radius 2 is 0.577 bits per heavy atom. The maximum Gasteiger partial charge on any atom is 0.166 e. The summed E-state index contributed by atoms with van der Waals surface area (Å²) in [5.74, 6) is 0. The van der Waals surface area contributed by atoms with Gasteiger partial charge in [0.15, 0.2) is 14.7 Å². The zero-order valence-electron chi connectivity index (χ0n) is 13.4. The van der Waals surface area contributed by atoms with Crippen molar-refractivity contribution < 1.29 is 28.2 Å². The zero-order valence-corrected chi connectivity index (χ0v) is 16.1. The van der Waals surface area contributed by atoms with Gasteiger partial charge in [0, 0.05) is 18.0 Å². The Kier molecular flexibility index (Phi) is 24.4. The Labute approximate surface area is 162 Å². The molecule has 3 aromatic carbocycles. The first kappa shape index (κ1) is 35.3. The number of hydrogen-bond donors (Lipinski definition) is 0. The molecule has 0 nitrogen and oxygen atoms in total. The molecule has 0 saturated carbocycles. The van der Waals surface area contributed by atoms with Gasteiger partial charge in [-0.2, -0.15) is 0 Å². The van der Waals surface area contributed by atoms with E-state index in [9.17, 15) is 0 Å². The van der Waals surface area contributed by atoms with Crippen LogP contribution in [0.1, 0.15) is 0 Å². The van der Waals surface area contributed by atoms with Gasteiger partial charge in [-0.05, 0) is 36.4 Å². The number of hydrogen-bond acceptors (Lipinski definition) is 0. The van der Waals surface area contributed by atoms with Gasteiger partial charge in [0.2, 0.25) is 0 Å². The molecule has 0 aliphatic rings. The Hall–Kier alpha value is -1.85. The average molecular weight is 457 g/mol. The molecule has 0 unspecified atom stereocenters. The summed E-state index contributed by atoms with van der Waals surface area (Å²) in [4.78, 5) is 4.08. The molecule has 0 aliphatic heterocycles. The molecule has 0 saturated heterocycles. The van der Waals surface area contributed by atoms with Crippen molar-refractivity contribution in [3.63, 3.8) is 0 Å². The van der Waals surface area contributed by atoms with E-state index in [4.69, 9.17) is 0 Å². The molecular formula is C18H20AsF6S. The summed E-state index contributed by atoms with van der Waals surface area (Å²) in [6.45, 7) is 0. The molecule has 0 bridgehead atoms. The SMILES string of the molecule is F.F.F.F.F.[As].[F-].c1ccc([S+](c2ccccc2)c2ccccc2)cc1. The largest absolute Gasteiger partial charge is 1.00 e. The maximum absolute atomic E-state index is 2.21. The Morgan fingerprint density at radius 3 is 0.769 bits per heavy atom. The molecule has 0 aliphatic carbocycles. The van der Waals surface area contributed by atoms with Crippen molar-refractivity contribution in [2.45, 2.75) is 14.7 Å². The molecule has 3 rings (SSSR count).